The van der Waals surface area contributed by atoms with E-state index >= 15 is 0 Å². The lowest BCUT2D eigenvalue weighted by atomic mass is 10.2. The Hall–Kier alpha value is -2.99. The number of rotatable bonds is 5. The van der Waals surface area contributed by atoms with E-state index in [4.69, 9.17) is 0 Å². The quantitative estimate of drug-likeness (QED) is 0.565. The number of hydrogen-bond donors (Lipinski definition) is 1. The van der Waals surface area contributed by atoms with Gasteiger partial charge in [0, 0.05) is 45.2 Å². The van der Waals surface area contributed by atoms with Gasteiger partial charge in [-0.15, -0.1) is 5.10 Å². The van der Waals surface area contributed by atoms with Gasteiger partial charge in [-0.2, -0.15) is 5.10 Å². The van der Waals surface area contributed by atoms with Crippen LogP contribution in [0.1, 0.15) is 16.1 Å². The number of piperazine rings is 1. The molecule has 1 N–H and O–H groups in total. The van der Waals surface area contributed by atoms with Crippen LogP contribution in [-0.2, 0) is 9.84 Å². The number of aromatic amines is 1. The molecule has 0 atom stereocenters. The van der Waals surface area contributed by atoms with E-state index < -0.39 is 9.84 Å². The van der Waals surface area contributed by atoms with Crippen LogP contribution in [0.15, 0.2) is 29.3 Å². The van der Waals surface area contributed by atoms with Gasteiger partial charge in [0.1, 0.15) is 15.4 Å². The fourth-order valence-electron chi connectivity index (χ4n) is 3.50. The first-order chi connectivity index (χ1) is 14.2. The molecule has 1 amide bonds. The highest BCUT2D eigenvalue weighted by Crippen LogP contribution is 2.15. The van der Waals surface area contributed by atoms with E-state index in [-0.39, 0.29) is 23.2 Å². The van der Waals surface area contributed by atoms with Gasteiger partial charge >= 0.3 is 0 Å². The predicted molar refractivity (Wildman–Crippen MR) is 110 cm³/mol. The molecule has 160 valence electrons. The zero-order chi connectivity index (χ0) is 21.5. The molecule has 12 heteroatoms. The average Bonchev–Trinajstić information content (AvgIpc) is 3.32. The minimum atomic E-state index is -3.00. The van der Waals surface area contributed by atoms with Crippen LogP contribution in [0.4, 0.5) is 0 Å². The maximum absolute atomic E-state index is 13.0. The Kier molecular flexibility index (Phi) is 5.20. The highest BCUT2D eigenvalue weighted by Gasteiger charge is 2.26. The van der Waals surface area contributed by atoms with E-state index in [9.17, 15) is 18.0 Å². The van der Waals surface area contributed by atoms with Gasteiger partial charge in [-0.05, 0) is 19.1 Å². The van der Waals surface area contributed by atoms with Crippen LogP contribution in [-0.4, -0.2) is 93.2 Å². The fraction of sp³-hybridized carbons (Fsp3) is 0.444. The van der Waals surface area contributed by atoms with Crippen LogP contribution >= 0.6 is 0 Å². The van der Waals surface area contributed by atoms with Crippen molar-refractivity contribution in [1.29, 1.82) is 0 Å². The molecule has 0 saturated carbocycles. The lowest BCUT2D eigenvalue weighted by molar-refractivity contribution is 0.0643. The largest absolute Gasteiger partial charge is 0.336 e. The molecular formula is C18H23N7O4S. The van der Waals surface area contributed by atoms with Crippen LogP contribution in [0.3, 0.4) is 0 Å². The van der Waals surface area contributed by atoms with Gasteiger partial charge in [0.05, 0.1) is 23.2 Å². The third kappa shape index (κ3) is 4.00. The number of aromatic nitrogens is 5. The standard InChI is InChI=1S/C18H23N7O4S/c1-13-14(17(27)23-8-6-22(7-9-23)10-11-30(2,28)29)12-19-25(13)18-20-16(26)15-4-3-5-24(15)21-18/h3-5,12H,6-11H2,1-2H3,(H,20,21,26). The summed E-state index contributed by atoms with van der Waals surface area (Å²) in [5.41, 5.74) is 1.15. The Labute approximate surface area is 172 Å². The van der Waals surface area contributed by atoms with E-state index in [0.29, 0.717) is 49.5 Å². The van der Waals surface area contributed by atoms with Crippen molar-refractivity contribution in [3.8, 4) is 5.95 Å². The minimum Gasteiger partial charge on any atom is -0.336 e. The molecule has 0 aromatic carbocycles. The van der Waals surface area contributed by atoms with Crippen molar-refractivity contribution in [3.05, 3.63) is 46.1 Å². The molecule has 3 aromatic rings. The summed E-state index contributed by atoms with van der Waals surface area (Å²) in [6.45, 7) is 4.48. The smallest absolute Gasteiger partial charge is 0.276 e. The van der Waals surface area contributed by atoms with Crippen LogP contribution in [0.2, 0.25) is 0 Å². The normalized spacial score (nSPS) is 15.7. The van der Waals surface area contributed by atoms with Crippen molar-refractivity contribution in [2.24, 2.45) is 0 Å². The number of amides is 1. The van der Waals surface area contributed by atoms with Crippen molar-refractivity contribution in [2.45, 2.75) is 6.92 Å². The molecule has 0 unspecified atom stereocenters. The zero-order valence-corrected chi connectivity index (χ0v) is 17.6. The summed E-state index contributed by atoms with van der Waals surface area (Å²) in [4.78, 5) is 31.7. The van der Waals surface area contributed by atoms with Crippen LogP contribution in [0.5, 0.6) is 0 Å². The summed E-state index contributed by atoms with van der Waals surface area (Å²) in [6.07, 6.45) is 4.37. The summed E-state index contributed by atoms with van der Waals surface area (Å²) in [7, 11) is -3.00. The topological polar surface area (TPSA) is 126 Å². The van der Waals surface area contributed by atoms with Crippen molar-refractivity contribution < 1.29 is 13.2 Å². The first-order valence-corrected chi connectivity index (χ1v) is 11.6. The maximum Gasteiger partial charge on any atom is 0.276 e. The molecule has 1 fully saturated rings. The van der Waals surface area contributed by atoms with Gasteiger partial charge in [0.2, 0.25) is 5.95 Å². The number of nitrogens with zero attached hydrogens (tertiary/aromatic N) is 6. The number of sulfone groups is 1. The Balaban J connectivity index is 1.48. The van der Waals surface area contributed by atoms with E-state index in [1.165, 1.54) is 21.6 Å². The SMILES string of the molecule is Cc1c(C(=O)N2CCN(CCS(C)(=O)=O)CC2)cnn1-c1nn2cccc2c(=O)[nH]1. The molecule has 4 rings (SSSR count). The molecule has 3 aromatic heterocycles. The van der Waals surface area contributed by atoms with E-state index in [1.807, 2.05) is 4.90 Å². The molecule has 0 aliphatic carbocycles. The van der Waals surface area contributed by atoms with Crippen LogP contribution in [0.25, 0.3) is 11.5 Å². The number of hydrogen-bond acceptors (Lipinski definition) is 7. The van der Waals surface area contributed by atoms with Crippen molar-refractivity contribution in [2.75, 3.05) is 44.7 Å². The number of H-pyrrole nitrogens is 1. The van der Waals surface area contributed by atoms with Crippen LogP contribution < -0.4 is 5.56 Å². The molecule has 0 spiro atoms. The Bertz CT molecular complexity index is 1250. The van der Waals surface area contributed by atoms with E-state index in [1.54, 1.807) is 30.2 Å². The highest BCUT2D eigenvalue weighted by molar-refractivity contribution is 7.90. The second-order valence-electron chi connectivity index (χ2n) is 7.43. The first kappa shape index (κ1) is 20.3. The number of fused-ring (bicyclic) bond motifs is 1. The summed E-state index contributed by atoms with van der Waals surface area (Å²) in [5.74, 6) is 0.195. The number of nitrogens with one attached hydrogen (secondary N) is 1. The molecule has 4 heterocycles. The van der Waals surface area contributed by atoms with Gasteiger partial charge in [-0.25, -0.2) is 17.6 Å². The lowest BCUT2D eigenvalue weighted by Gasteiger charge is -2.34. The van der Waals surface area contributed by atoms with Crippen molar-refractivity contribution >= 4 is 21.3 Å². The van der Waals surface area contributed by atoms with Gasteiger partial charge in [0.15, 0.2) is 0 Å². The molecular weight excluding hydrogens is 410 g/mol. The van der Waals surface area contributed by atoms with Gasteiger partial charge in [-0.1, -0.05) is 0 Å². The molecule has 1 saturated heterocycles. The van der Waals surface area contributed by atoms with E-state index in [0.717, 1.165) is 0 Å². The second kappa shape index (κ2) is 7.69. The molecule has 30 heavy (non-hydrogen) atoms. The minimum absolute atomic E-state index is 0.115. The van der Waals surface area contributed by atoms with Crippen molar-refractivity contribution in [3.63, 3.8) is 0 Å². The van der Waals surface area contributed by atoms with Gasteiger partial charge < -0.3 is 4.90 Å². The zero-order valence-electron chi connectivity index (χ0n) is 16.8. The lowest BCUT2D eigenvalue weighted by Crippen LogP contribution is -2.49. The van der Waals surface area contributed by atoms with Gasteiger partial charge in [0.25, 0.3) is 11.5 Å². The number of carbonyl (C=O) groups is 1. The second-order valence-corrected chi connectivity index (χ2v) is 9.69. The third-order valence-corrected chi connectivity index (χ3v) is 6.19. The number of carbonyl (C=O) groups excluding carboxylic acids is 1. The highest BCUT2D eigenvalue weighted by atomic mass is 32.2. The Morgan fingerprint density at radius 1 is 1.23 bits per heavy atom. The average molecular weight is 433 g/mol. The fourth-order valence-corrected chi connectivity index (χ4v) is 4.09. The summed E-state index contributed by atoms with van der Waals surface area (Å²) in [5, 5.41) is 8.60. The molecule has 0 bridgehead atoms. The maximum atomic E-state index is 13.0. The van der Waals surface area contributed by atoms with Gasteiger partial charge in [-0.3, -0.25) is 19.5 Å². The van der Waals surface area contributed by atoms with E-state index in [2.05, 4.69) is 15.2 Å². The van der Waals surface area contributed by atoms with Crippen LogP contribution in [0, 0.1) is 6.92 Å². The summed E-state index contributed by atoms with van der Waals surface area (Å²) >= 11 is 0. The summed E-state index contributed by atoms with van der Waals surface area (Å²) in [6, 6.07) is 3.39. The Morgan fingerprint density at radius 2 is 1.97 bits per heavy atom. The summed E-state index contributed by atoms with van der Waals surface area (Å²) < 4.78 is 25.6. The molecule has 0 radical (unpaired) electrons. The predicted octanol–water partition coefficient (Wildman–Crippen LogP) is -0.681. The Morgan fingerprint density at radius 3 is 2.67 bits per heavy atom. The monoisotopic (exact) mass is 433 g/mol. The molecule has 1 aliphatic heterocycles. The van der Waals surface area contributed by atoms with Crippen molar-refractivity contribution in [1.82, 2.24) is 34.2 Å². The first-order valence-electron chi connectivity index (χ1n) is 9.55. The third-order valence-electron chi connectivity index (χ3n) is 5.27. The molecule has 1 aliphatic rings. The molecule has 11 nitrogen and oxygen atoms in total.